The fourth-order valence-electron chi connectivity index (χ4n) is 3.16. The van der Waals surface area contributed by atoms with Gasteiger partial charge < -0.3 is 5.32 Å². The van der Waals surface area contributed by atoms with E-state index in [2.05, 4.69) is 10.3 Å². The molecule has 1 amide bonds. The third kappa shape index (κ3) is 4.14. The highest BCUT2D eigenvalue weighted by atomic mass is 32.2. The first-order valence-electron chi connectivity index (χ1n) is 9.60. The number of carbonyl (C=O) groups is 1. The van der Waals surface area contributed by atoms with Gasteiger partial charge in [0, 0.05) is 5.69 Å². The van der Waals surface area contributed by atoms with Crippen LogP contribution in [0.2, 0.25) is 0 Å². The van der Waals surface area contributed by atoms with Crippen molar-refractivity contribution >= 4 is 34.3 Å². The topological polar surface area (TPSA) is 64.0 Å². The summed E-state index contributed by atoms with van der Waals surface area (Å²) in [5, 5.41) is 3.95. The highest BCUT2D eigenvalue weighted by molar-refractivity contribution is 7.99. The molecule has 0 saturated heterocycles. The van der Waals surface area contributed by atoms with Crippen LogP contribution < -0.4 is 10.9 Å². The van der Waals surface area contributed by atoms with E-state index in [0.717, 1.165) is 16.9 Å². The first-order chi connectivity index (χ1) is 14.5. The average Bonchev–Trinajstić information content (AvgIpc) is 2.75. The van der Waals surface area contributed by atoms with Gasteiger partial charge in [-0.05, 0) is 61.4 Å². The maximum atomic E-state index is 13.2. The van der Waals surface area contributed by atoms with E-state index in [0.29, 0.717) is 16.1 Å². The number of carbonyl (C=O) groups excluding carboxylic acids is 1. The van der Waals surface area contributed by atoms with Crippen LogP contribution in [0.5, 0.6) is 0 Å². The number of hydrogen-bond acceptors (Lipinski definition) is 4. The Morgan fingerprint density at radius 2 is 1.70 bits per heavy atom. The summed E-state index contributed by atoms with van der Waals surface area (Å²) in [6, 6.07) is 22.4. The summed E-state index contributed by atoms with van der Waals surface area (Å²) in [5.41, 5.74) is 4.24. The van der Waals surface area contributed by atoms with Crippen molar-refractivity contribution in [3.63, 3.8) is 0 Å². The predicted octanol–water partition coefficient (Wildman–Crippen LogP) is 4.73. The number of nitrogens with one attached hydrogen (secondary N) is 1. The van der Waals surface area contributed by atoms with Crippen LogP contribution in [0.4, 0.5) is 5.69 Å². The standard InChI is InChI=1S/C24H21N3O2S/c1-16-12-13-18(14-17(16)2)25-22(28)15-30-24-26-21-11-7-6-10-20(21)23(29)27(24)19-8-4-3-5-9-19/h3-14H,15H2,1-2H3,(H,25,28). The highest BCUT2D eigenvalue weighted by Crippen LogP contribution is 2.22. The fraction of sp³-hybridized carbons (Fsp3) is 0.125. The molecule has 0 radical (unpaired) electrons. The van der Waals surface area contributed by atoms with Gasteiger partial charge in [-0.2, -0.15) is 0 Å². The van der Waals surface area contributed by atoms with E-state index >= 15 is 0 Å². The Hall–Kier alpha value is -3.38. The van der Waals surface area contributed by atoms with E-state index in [-0.39, 0.29) is 17.2 Å². The second-order valence-electron chi connectivity index (χ2n) is 7.02. The van der Waals surface area contributed by atoms with E-state index < -0.39 is 0 Å². The minimum atomic E-state index is -0.149. The Bertz CT molecular complexity index is 1280. The van der Waals surface area contributed by atoms with Gasteiger partial charge in [0.15, 0.2) is 5.16 Å². The van der Waals surface area contributed by atoms with Gasteiger partial charge >= 0.3 is 0 Å². The Kier molecular flexibility index (Phi) is 5.68. The molecule has 150 valence electrons. The molecule has 0 fully saturated rings. The van der Waals surface area contributed by atoms with Crippen LogP contribution in [0, 0.1) is 13.8 Å². The van der Waals surface area contributed by atoms with Gasteiger partial charge in [0.2, 0.25) is 5.91 Å². The van der Waals surface area contributed by atoms with Crippen LogP contribution in [0.15, 0.2) is 82.7 Å². The summed E-state index contributed by atoms with van der Waals surface area (Å²) < 4.78 is 1.57. The molecule has 0 aliphatic rings. The zero-order valence-corrected chi connectivity index (χ0v) is 17.6. The van der Waals surface area contributed by atoms with Crippen molar-refractivity contribution in [2.75, 3.05) is 11.1 Å². The van der Waals surface area contributed by atoms with Crippen molar-refractivity contribution in [3.05, 3.63) is 94.3 Å². The van der Waals surface area contributed by atoms with Gasteiger partial charge in [-0.15, -0.1) is 0 Å². The van der Waals surface area contributed by atoms with Gasteiger partial charge in [-0.3, -0.25) is 14.2 Å². The molecule has 0 unspecified atom stereocenters. The molecule has 4 aromatic rings. The molecule has 0 aliphatic heterocycles. The number of para-hydroxylation sites is 2. The maximum absolute atomic E-state index is 13.2. The van der Waals surface area contributed by atoms with E-state index in [1.807, 2.05) is 80.6 Å². The molecule has 0 atom stereocenters. The van der Waals surface area contributed by atoms with E-state index in [9.17, 15) is 9.59 Å². The van der Waals surface area contributed by atoms with Crippen molar-refractivity contribution in [2.45, 2.75) is 19.0 Å². The largest absolute Gasteiger partial charge is 0.325 e. The second-order valence-corrected chi connectivity index (χ2v) is 7.97. The zero-order valence-electron chi connectivity index (χ0n) is 16.8. The lowest BCUT2D eigenvalue weighted by Gasteiger charge is -2.13. The average molecular weight is 416 g/mol. The Morgan fingerprint density at radius 3 is 2.47 bits per heavy atom. The van der Waals surface area contributed by atoms with Crippen molar-refractivity contribution < 1.29 is 4.79 Å². The van der Waals surface area contributed by atoms with Crippen LogP contribution in [-0.4, -0.2) is 21.2 Å². The van der Waals surface area contributed by atoms with E-state index in [1.165, 1.54) is 17.3 Å². The molecule has 4 rings (SSSR count). The molecule has 0 aliphatic carbocycles. The van der Waals surface area contributed by atoms with Crippen LogP contribution in [-0.2, 0) is 4.79 Å². The Morgan fingerprint density at radius 1 is 0.967 bits per heavy atom. The molecule has 1 heterocycles. The predicted molar refractivity (Wildman–Crippen MR) is 123 cm³/mol. The summed E-state index contributed by atoms with van der Waals surface area (Å²) in [6.45, 7) is 4.04. The second kappa shape index (κ2) is 8.55. The quantitative estimate of drug-likeness (QED) is 0.378. The van der Waals surface area contributed by atoms with Gasteiger partial charge in [0.1, 0.15) is 0 Å². The number of nitrogens with zero attached hydrogens (tertiary/aromatic N) is 2. The zero-order chi connectivity index (χ0) is 21.1. The van der Waals surface area contributed by atoms with Crippen LogP contribution in [0.1, 0.15) is 11.1 Å². The lowest BCUT2D eigenvalue weighted by molar-refractivity contribution is -0.113. The van der Waals surface area contributed by atoms with Crippen LogP contribution >= 0.6 is 11.8 Å². The van der Waals surface area contributed by atoms with Gasteiger partial charge in [-0.25, -0.2) is 4.98 Å². The molecule has 5 nitrogen and oxygen atoms in total. The van der Waals surface area contributed by atoms with Crippen LogP contribution in [0.3, 0.4) is 0 Å². The number of benzene rings is 3. The Balaban J connectivity index is 1.64. The number of thioether (sulfide) groups is 1. The molecule has 3 aromatic carbocycles. The highest BCUT2D eigenvalue weighted by Gasteiger charge is 2.14. The van der Waals surface area contributed by atoms with Crippen molar-refractivity contribution in [2.24, 2.45) is 0 Å². The molecule has 1 aromatic heterocycles. The molecule has 1 N–H and O–H groups in total. The monoisotopic (exact) mass is 415 g/mol. The van der Waals surface area contributed by atoms with E-state index in [4.69, 9.17) is 0 Å². The van der Waals surface area contributed by atoms with Crippen LogP contribution in [0.25, 0.3) is 16.6 Å². The molecule has 6 heteroatoms. The maximum Gasteiger partial charge on any atom is 0.266 e. The number of aromatic nitrogens is 2. The number of hydrogen-bond donors (Lipinski definition) is 1. The smallest absolute Gasteiger partial charge is 0.266 e. The number of rotatable bonds is 5. The molecular weight excluding hydrogens is 394 g/mol. The van der Waals surface area contributed by atoms with Gasteiger partial charge in [-0.1, -0.05) is 48.2 Å². The summed E-state index contributed by atoms with van der Waals surface area (Å²) >= 11 is 1.25. The van der Waals surface area contributed by atoms with E-state index in [1.54, 1.807) is 10.6 Å². The lowest BCUT2D eigenvalue weighted by Crippen LogP contribution is -2.22. The molecule has 30 heavy (non-hydrogen) atoms. The number of fused-ring (bicyclic) bond motifs is 1. The van der Waals surface area contributed by atoms with Gasteiger partial charge in [0.05, 0.1) is 22.3 Å². The van der Waals surface area contributed by atoms with Crippen molar-refractivity contribution in [1.29, 1.82) is 0 Å². The van der Waals surface area contributed by atoms with Crippen molar-refractivity contribution in [1.82, 2.24) is 9.55 Å². The third-order valence-corrected chi connectivity index (χ3v) is 5.82. The molecular formula is C24H21N3O2S. The summed E-state index contributed by atoms with van der Waals surface area (Å²) in [5.74, 6) is -0.00451. The summed E-state index contributed by atoms with van der Waals surface area (Å²) in [7, 11) is 0. The first-order valence-corrected chi connectivity index (χ1v) is 10.6. The minimum absolute atomic E-state index is 0.143. The fourth-order valence-corrected chi connectivity index (χ4v) is 3.97. The molecule has 0 bridgehead atoms. The SMILES string of the molecule is Cc1ccc(NC(=O)CSc2nc3ccccc3c(=O)n2-c2ccccc2)cc1C. The molecule has 0 spiro atoms. The number of anilines is 1. The summed E-state index contributed by atoms with van der Waals surface area (Å²) in [6.07, 6.45) is 0. The first kappa shape index (κ1) is 19.9. The number of amides is 1. The van der Waals surface area contributed by atoms with Gasteiger partial charge in [0.25, 0.3) is 5.56 Å². The third-order valence-electron chi connectivity index (χ3n) is 4.88. The van der Waals surface area contributed by atoms with Crippen molar-refractivity contribution in [3.8, 4) is 5.69 Å². The lowest BCUT2D eigenvalue weighted by atomic mass is 10.1. The Labute approximate surface area is 178 Å². The minimum Gasteiger partial charge on any atom is -0.325 e. The number of aryl methyl sites for hydroxylation is 2. The normalized spacial score (nSPS) is 10.9. The molecule has 0 saturated carbocycles. The summed E-state index contributed by atoms with van der Waals surface area (Å²) in [4.78, 5) is 30.4.